The third-order valence-corrected chi connectivity index (χ3v) is 3.96. The molecule has 0 saturated heterocycles. The first-order valence-electron chi connectivity index (χ1n) is 7.99. The number of nitrogens with one attached hydrogen (secondary N) is 2. The molecule has 0 saturated carbocycles. The van der Waals surface area contributed by atoms with Gasteiger partial charge in [0.1, 0.15) is 5.69 Å². The molecular formula is C18H16ClN5O2. The SMILES string of the molecule is O=C(CCc1nnc(-c2ccc(Cl)cc2)[nH]c1=O)NCc1ccncc1. The van der Waals surface area contributed by atoms with Gasteiger partial charge in [-0.2, -0.15) is 0 Å². The molecular weight excluding hydrogens is 354 g/mol. The lowest BCUT2D eigenvalue weighted by Gasteiger charge is -2.05. The van der Waals surface area contributed by atoms with Gasteiger partial charge in [0, 0.05) is 42.4 Å². The summed E-state index contributed by atoms with van der Waals surface area (Å²) < 4.78 is 0. The topological polar surface area (TPSA) is 101 Å². The number of H-pyrrole nitrogens is 1. The Morgan fingerprint density at radius 1 is 1.08 bits per heavy atom. The van der Waals surface area contributed by atoms with E-state index in [9.17, 15) is 9.59 Å². The number of nitrogens with zero attached hydrogens (tertiary/aromatic N) is 3. The predicted molar refractivity (Wildman–Crippen MR) is 97.5 cm³/mol. The van der Waals surface area contributed by atoms with E-state index in [1.807, 2.05) is 12.1 Å². The fourth-order valence-electron chi connectivity index (χ4n) is 2.28. The first-order valence-corrected chi connectivity index (χ1v) is 8.37. The van der Waals surface area contributed by atoms with Crippen molar-refractivity contribution in [3.63, 3.8) is 0 Å². The first kappa shape index (κ1) is 17.8. The Labute approximate surface area is 154 Å². The van der Waals surface area contributed by atoms with Crippen molar-refractivity contribution in [2.45, 2.75) is 19.4 Å². The highest BCUT2D eigenvalue weighted by atomic mass is 35.5. The quantitative estimate of drug-likeness (QED) is 0.693. The highest BCUT2D eigenvalue weighted by Crippen LogP contribution is 2.16. The fraction of sp³-hybridized carbons (Fsp3) is 0.167. The Kier molecular flexibility index (Phi) is 5.70. The third kappa shape index (κ3) is 4.73. The first-order chi connectivity index (χ1) is 12.6. The van der Waals surface area contributed by atoms with Gasteiger partial charge in [0.15, 0.2) is 5.82 Å². The van der Waals surface area contributed by atoms with E-state index in [4.69, 9.17) is 11.6 Å². The lowest BCUT2D eigenvalue weighted by molar-refractivity contribution is -0.121. The minimum Gasteiger partial charge on any atom is -0.352 e. The Morgan fingerprint density at radius 3 is 2.50 bits per heavy atom. The Morgan fingerprint density at radius 2 is 1.81 bits per heavy atom. The maximum Gasteiger partial charge on any atom is 0.273 e. The standard InChI is InChI=1S/C18H16ClN5O2/c19-14-3-1-13(2-4-14)17-22-18(26)15(23-24-17)5-6-16(25)21-11-12-7-9-20-10-8-12/h1-4,7-10H,5-6,11H2,(H,21,25)(H,22,24,26). The van der Waals surface area contributed by atoms with Crippen LogP contribution in [0, 0.1) is 0 Å². The monoisotopic (exact) mass is 369 g/mol. The van der Waals surface area contributed by atoms with Crippen LogP contribution >= 0.6 is 11.6 Å². The molecule has 0 aliphatic carbocycles. The lowest BCUT2D eigenvalue weighted by Crippen LogP contribution is -2.25. The van der Waals surface area contributed by atoms with Crippen molar-refractivity contribution in [1.29, 1.82) is 0 Å². The Bertz CT molecular complexity index is 942. The molecule has 26 heavy (non-hydrogen) atoms. The number of amides is 1. The average Bonchev–Trinajstić information content (AvgIpc) is 2.67. The van der Waals surface area contributed by atoms with Gasteiger partial charge < -0.3 is 10.3 Å². The summed E-state index contributed by atoms with van der Waals surface area (Å²) in [6.07, 6.45) is 3.70. The normalized spacial score (nSPS) is 10.5. The van der Waals surface area contributed by atoms with Gasteiger partial charge in [0.05, 0.1) is 0 Å². The van der Waals surface area contributed by atoms with Crippen molar-refractivity contribution in [3.8, 4) is 11.4 Å². The molecule has 0 fully saturated rings. The van der Waals surface area contributed by atoms with Gasteiger partial charge in [0.2, 0.25) is 5.91 Å². The maximum atomic E-state index is 12.1. The van der Waals surface area contributed by atoms with E-state index in [0.29, 0.717) is 23.0 Å². The molecule has 0 unspecified atom stereocenters. The average molecular weight is 370 g/mol. The van der Waals surface area contributed by atoms with Crippen LogP contribution in [0.3, 0.4) is 0 Å². The van der Waals surface area contributed by atoms with Crippen molar-refractivity contribution in [2.75, 3.05) is 0 Å². The van der Waals surface area contributed by atoms with Crippen molar-refractivity contribution < 1.29 is 4.79 Å². The molecule has 1 amide bonds. The van der Waals surface area contributed by atoms with E-state index in [-0.39, 0.29) is 30.0 Å². The van der Waals surface area contributed by atoms with E-state index < -0.39 is 0 Å². The molecule has 2 heterocycles. The number of aromatic amines is 1. The van der Waals surface area contributed by atoms with Crippen LogP contribution in [0.1, 0.15) is 17.7 Å². The molecule has 132 valence electrons. The number of benzene rings is 1. The summed E-state index contributed by atoms with van der Waals surface area (Å²) in [6.45, 7) is 0.416. The minimum absolute atomic E-state index is 0.156. The number of rotatable bonds is 6. The second-order valence-corrected chi connectivity index (χ2v) is 6.02. The second-order valence-electron chi connectivity index (χ2n) is 5.59. The molecule has 0 aliphatic heterocycles. The molecule has 0 bridgehead atoms. The molecule has 2 aromatic heterocycles. The minimum atomic E-state index is -0.355. The van der Waals surface area contributed by atoms with Gasteiger partial charge in [-0.15, -0.1) is 10.2 Å². The van der Waals surface area contributed by atoms with Crippen LogP contribution in [0.25, 0.3) is 11.4 Å². The van der Waals surface area contributed by atoms with Crippen LogP contribution in [0.5, 0.6) is 0 Å². The largest absolute Gasteiger partial charge is 0.352 e. The summed E-state index contributed by atoms with van der Waals surface area (Å²) in [5, 5.41) is 11.4. The van der Waals surface area contributed by atoms with Gasteiger partial charge >= 0.3 is 0 Å². The van der Waals surface area contributed by atoms with Gasteiger partial charge in [-0.25, -0.2) is 0 Å². The van der Waals surface area contributed by atoms with Gasteiger partial charge in [-0.1, -0.05) is 11.6 Å². The third-order valence-electron chi connectivity index (χ3n) is 3.71. The van der Waals surface area contributed by atoms with E-state index >= 15 is 0 Å². The Hall–Kier alpha value is -3.06. The number of halogens is 1. The molecule has 0 spiro atoms. The number of aryl methyl sites for hydroxylation is 1. The van der Waals surface area contributed by atoms with E-state index in [1.165, 1.54) is 0 Å². The fourth-order valence-corrected chi connectivity index (χ4v) is 2.41. The lowest BCUT2D eigenvalue weighted by atomic mass is 10.2. The van der Waals surface area contributed by atoms with Crippen LogP contribution in [0.2, 0.25) is 5.02 Å². The van der Waals surface area contributed by atoms with E-state index in [1.54, 1.807) is 36.7 Å². The second kappa shape index (κ2) is 8.35. The maximum absolute atomic E-state index is 12.1. The molecule has 8 heteroatoms. The molecule has 0 aliphatic rings. The number of aromatic nitrogens is 4. The van der Waals surface area contributed by atoms with E-state index in [0.717, 1.165) is 5.56 Å². The molecule has 2 N–H and O–H groups in total. The van der Waals surface area contributed by atoms with E-state index in [2.05, 4.69) is 25.5 Å². The summed E-state index contributed by atoms with van der Waals surface area (Å²) in [6, 6.07) is 10.6. The van der Waals surface area contributed by atoms with Gasteiger partial charge in [0.25, 0.3) is 5.56 Å². The van der Waals surface area contributed by atoms with Gasteiger partial charge in [-0.05, 0) is 42.0 Å². The van der Waals surface area contributed by atoms with Crippen LogP contribution in [-0.2, 0) is 17.8 Å². The van der Waals surface area contributed by atoms with Gasteiger partial charge in [-0.3, -0.25) is 14.6 Å². The smallest absolute Gasteiger partial charge is 0.273 e. The van der Waals surface area contributed by atoms with Crippen LogP contribution in [-0.4, -0.2) is 26.1 Å². The zero-order valence-corrected chi connectivity index (χ0v) is 14.5. The molecule has 3 rings (SSSR count). The number of hydrogen-bond donors (Lipinski definition) is 2. The molecule has 7 nitrogen and oxygen atoms in total. The summed E-state index contributed by atoms with van der Waals surface area (Å²) in [5.41, 5.74) is 1.53. The zero-order chi connectivity index (χ0) is 18.4. The summed E-state index contributed by atoms with van der Waals surface area (Å²) in [4.78, 5) is 30.7. The van der Waals surface area contributed by atoms with Crippen molar-refractivity contribution in [2.24, 2.45) is 0 Å². The van der Waals surface area contributed by atoms with Crippen molar-refractivity contribution in [3.05, 3.63) is 75.4 Å². The Balaban J connectivity index is 1.57. The van der Waals surface area contributed by atoms with Crippen LogP contribution < -0.4 is 10.9 Å². The van der Waals surface area contributed by atoms with Crippen LogP contribution in [0.4, 0.5) is 0 Å². The number of carbonyl (C=O) groups is 1. The summed E-state index contributed by atoms with van der Waals surface area (Å²) >= 11 is 5.84. The number of carbonyl (C=O) groups excluding carboxylic acids is 1. The molecule has 3 aromatic rings. The summed E-state index contributed by atoms with van der Waals surface area (Å²) in [5.74, 6) is 0.197. The highest BCUT2D eigenvalue weighted by Gasteiger charge is 2.09. The predicted octanol–water partition coefficient (Wildman–Crippen LogP) is 2.13. The molecule has 0 radical (unpaired) electrons. The number of hydrogen-bond acceptors (Lipinski definition) is 5. The molecule has 0 atom stereocenters. The van der Waals surface area contributed by atoms with Crippen LogP contribution in [0.15, 0.2) is 53.6 Å². The zero-order valence-electron chi connectivity index (χ0n) is 13.8. The van der Waals surface area contributed by atoms with Crippen molar-refractivity contribution in [1.82, 2.24) is 25.5 Å². The van der Waals surface area contributed by atoms with Crippen molar-refractivity contribution >= 4 is 17.5 Å². The molecule has 1 aromatic carbocycles. The number of pyridine rings is 1. The highest BCUT2D eigenvalue weighted by molar-refractivity contribution is 6.30. The summed E-state index contributed by atoms with van der Waals surface area (Å²) in [7, 11) is 0.